The lowest BCUT2D eigenvalue weighted by atomic mass is 10.1. The number of hydrogen-bond acceptors (Lipinski definition) is 4. The van der Waals surface area contributed by atoms with Gasteiger partial charge >= 0.3 is 0 Å². The van der Waals surface area contributed by atoms with E-state index in [1.54, 1.807) is 13.1 Å². The number of nitrogens with one attached hydrogen (secondary N) is 2. The molecule has 5 nitrogen and oxygen atoms in total. The molecule has 0 aliphatic rings. The van der Waals surface area contributed by atoms with E-state index in [0.717, 1.165) is 0 Å². The molecule has 1 aromatic heterocycles. The van der Waals surface area contributed by atoms with Gasteiger partial charge in [0.05, 0.1) is 0 Å². The Labute approximate surface area is 94.5 Å². The fraction of sp³-hybridized carbons (Fsp3) is 0.455. The van der Waals surface area contributed by atoms with Crippen molar-refractivity contribution in [2.24, 2.45) is 0 Å². The summed E-state index contributed by atoms with van der Waals surface area (Å²) < 4.78 is 0. The summed E-state index contributed by atoms with van der Waals surface area (Å²) in [6.45, 7) is 0.681. The predicted octanol–water partition coefficient (Wildman–Crippen LogP) is 0.551. The van der Waals surface area contributed by atoms with E-state index in [1.807, 2.05) is 19.0 Å². The van der Waals surface area contributed by atoms with E-state index in [-0.39, 0.29) is 11.3 Å². The standard InChI is InChI=1S/C11H17N3O2/c1-12-10-6-8(7-11(16)13-10)9(15)4-5-14(2)3/h6-7H,4-5H2,1-3H3,(H2,12,13,16). The van der Waals surface area contributed by atoms with E-state index in [2.05, 4.69) is 10.3 Å². The molecule has 0 bridgehead atoms. The first-order valence-corrected chi connectivity index (χ1v) is 5.13. The van der Waals surface area contributed by atoms with Crippen molar-refractivity contribution in [3.05, 3.63) is 28.0 Å². The molecule has 0 saturated carbocycles. The van der Waals surface area contributed by atoms with E-state index in [9.17, 15) is 9.59 Å². The highest BCUT2D eigenvalue weighted by Gasteiger charge is 2.08. The number of aromatic amines is 1. The number of ketones is 1. The normalized spacial score (nSPS) is 10.5. The molecule has 0 saturated heterocycles. The topological polar surface area (TPSA) is 65.2 Å². The number of aromatic nitrogens is 1. The van der Waals surface area contributed by atoms with Crippen LogP contribution in [0.15, 0.2) is 16.9 Å². The molecule has 0 atom stereocenters. The molecule has 0 radical (unpaired) electrons. The summed E-state index contributed by atoms with van der Waals surface area (Å²) in [5.74, 6) is 0.539. The molecular formula is C11H17N3O2. The van der Waals surface area contributed by atoms with Gasteiger partial charge in [0.15, 0.2) is 5.78 Å². The Morgan fingerprint density at radius 2 is 2.12 bits per heavy atom. The van der Waals surface area contributed by atoms with Crippen LogP contribution in [-0.2, 0) is 0 Å². The van der Waals surface area contributed by atoms with E-state index in [1.165, 1.54) is 6.07 Å². The Balaban J connectivity index is 2.83. The lowest BCUT2D eigenvalue weighted by molar-refractivity contribution is 0.0972. The van der Waals surface area contributed by atoms with Crippen molar-refractivity contribution in [2.45, 2.75) is 6.42 Å². The zero-order valence-corrected chi connectivity index (χ0v) is 9.83. The van der Waals surface area contributed by atoms with Crippen LogP contribution in [0.25, 0.3) is 0 Å². The van der Waals surface area contributed by atoms with E-state index >= 15 is 0 Å². The van der Waals surface area contributed by atoms with Gasteiger partial charge in [0.25, 0.3) is 0 Å². The molecule has 0 unspecified atom stereocenters. The SMILES string of the molecule is CNc1cc(C(=O)CCN(C)C)cc(=O)[nH]1. The minimum atomic E-state index is -0.264. The third-order valence-electron chi connectivity index (χ3n) is 2.22. The number of carbonyl (C=O) groups excluding carboxylic acids is 1. The molecule has 16 heavy (non-hydrogen) atoms. The van der Waals surface area contributed by atoms with Crippen molar-refractivity contribution in [3.63, 3.8) is 0 Å². The van der Waals surface area contributed by atoms with Crippen LogP contribution >= 0.6 is 0 Å². The first-order chi connectivity index (χ1) is 7.52. The van der Waals surface area contributed by atoms with Crippen molar-refractivity contribution in [1.82, 2.24) is 9.88 Å². The van der Waals surface area contributed by atoms with Crippen molar-refractivity contribution in [1.29, 1.82) is 0 Å². The highest BCUT2D eigenvalue weighted by molar-refractivity contribution is 5.96. The van der Waals surface area contributed by atoms with Crippen LogP contribution in [-0.4, -0.2) is 43.4 Å². The van der Waals surface area contributed by atoms with Crippen molar-refractivity contribution in [3.8, 4) is 0 Å². The maximum absolute atomic E-state index is 11.8. The minimum absolute atomic E-state index is 0.0173. The quantitative estimate of drug-likeness (QED) is 0.715. The Hall–Kier alpha value is -1.62. The van der Waals surface area contributed by atoms with Crippen molar-refractivity contribution < 1.29 is 4.79 Å². The summed E-state index contributed by atoms with van der Waals surface area (Å²) in [4.78, 5) is 27.5. The molecule has 1 rings (SSSR count). The van der Waals surface area contributed by atoms with Gasteiger partial charge in [-0.3, -0.25) is 9.59 Å². The van der Waals surface area contributed by atoms with Gasteiger partial charge in [0, 0.05) is 31.6 Å². The van der Waals surface area contributed by atoms with Crippen LogP contribution in [0.3, 0.4) is 0 Å². The Morgan fingerprint density at radius 1 is 1.44 bits per heavy atom. The van der Waals surface area contributed by atoms with Gasteiger partial charge in [-0.05, 0) is 20.2 Å². The molecule has 88 valence electrons. The zero-order valence-electron chi connectivity index (χ0n) is 9.83. The van der Waals surface area contributed by atoms with Crippen molar-refractivity contribution >= 4 is 11.6 Å². The third-order valence-corrected chi connectivity index (χ3v) is 2.22. The molecule has 0 amide bonds. The summed E-state index contributed by atoms with van der Waals surface area (Å²) in [6.07, 6.45) is 0.416. The van der Waals surface area contributed by atoms with Crippen molar-refractivity contribution in [2.75, 3.05) is 33.0 Å². The number of H-pyrrole nitrogens is 1. The van der Waals surface area contributed by atoms with Crippen LogP contribution in [0.2, 0.25) is 0 Å². The highest BCUT2D eigenvalue weighted by Crippen LogP contribution is 2.06. The van der Waals surface area contributed by atoms with E-state index in [0.29, 0.717) is 24.3 Å². The second-order valence-corrected chi connectivity index (χ2v) is 3.87. The minimum Gasteiger partial charge on any atom is -0.375 e. The van der Waals surface area contributed by atoms with Gasteiger partial charge in [-0.25, -0.2) is 0 Å². The third kappa shape index (κ3) is 3.51. The fourth-order valence-electron chi connectivity index (χ4n) is 1.31. The average Bonchev–Trinajstić information content (AvgIpc) is 2.24. The first kappa shape index (κ1) is 12.4. The van der Waals surface area contributed by atoms with Crippen LogP contribution in [0, 0.1) is 0 Å². The van der Waals surface area contributed by atoms with E-state index in [4.69, 9.17) is 0 Å². The molecule has 0 aromatic carbocycles. The molecule has 2 N–H and O–H groups in total. The van der Waals surface area contributed by atoms with Crippen LogP contribution in [0.1, 0.15) is 16.8 Å². The summed E-state index contributed by atoms with van der Waals surface area (Å²) >= 11 is 0. The molecule has 0 fully saturated rings. The molecule has 5 heteroatoms. The van der Waals surface area contributed by atoms with Crippen LogP contribution in [0.4, 0.5) is 5.82 Å². The molecular weight excluding hydrogens is 206 g/mol. The number of Topliss-reactive ketones (excluding diaryl/α,β-unsaturated/α-hetero) is 1. The Morgan fingerprint density at radius 3 is 2.69 bits per heavy atom. The average molecular weight is 223 g/mol. The second-order valence-electron chi connectivity index (χ2n) is 3.87. The molecule has 0 spiro atoms. The highest BCUT2D eigenvalue weighted by atomic mass is 16.1. The smallest absolute Gasteiger partial charge is 0.250 e. The molecule has 1 heterocycles. The Kier molecular flexibility index (Phi) is 4.25. The zero-order chi connectivity index (χ0) is 12.1. The summed E-state index contributed by atoms with van der Waals surface area (Å²) in [7, 11) is 5.51. The number of rotatable bonds is 5. The van der Waals surface area contributed by atoms with Gasteiger partial charge in [-0.1, -0.05) is 0 Å². The number of carbonyl (C=O) groups is 1. The molecule has 0 aliphatic heterocycles. The number of nitrogens with zero attached hydrogens (tertiary/aromatic N) is 1. The van der Waals surface area contributed by atoms with Gasteiger partial charge in [0.1, 0.15) is 5.82 Å². The van der Waals surface area contributed by atoms with Gasteiger partial charge in [-0.2, -0.15) is 0 Å². The number of hydrogen-bond donors (Lipinski definition) is 2. The largest absolute Gasteiger partial charge is 0.375 e. The lowest BCUT2D eigenvalue weighted by Gasteiger charge is -2.08. The van der Waals surface area contributed by atoms with Gasteiger partial charge in [0.2, 0.25) is 5.56 Å². The monoisotopic (exact) mass is 223 g/mol. The van der Waals surface area contributed by atoms with Gasteiger partial charge < -0.3 is 15.2 Å². The van der Waals surface area contributed by atoms with E-state index < -0.39 is 0 Å². The second kappa shape index (κ2) is 5.46. The first-order valence-electron chi connectivity index (χ1n) is 5.13. The van der Waals surface area contributed by atoms with Gasteiger partial charge in [-0.15, -0.1) is 0 Å². The lowest BCUT2D eigenvalue weighted by Crippen LogP contribution is -2.18. The number of pyridine rings is 1. The maximum Gasteiger partial charge on any atom is 0.250 e. The van der Waals surface area contributed by atoms with Crippen LogP contribution in [0.5, 0.6) is 0 Å². The summed E-state index contributed by atoms with van der Waals surface area (Å²) in [6, 6.07) is 2.98. The maximum atomic E-state index is 11.8. The summed E-state index contributed by atoms with van der Waals surface area (Å²) in [5, 5.41) is 2.81. The summed E-state index contributed by atoms with van der Waals surface area (Å²) in [5.41, 5.74) is 0.190. The molecule has 1 aromatic rings. The number of anilines is 1. The predicted molar refractivity (Wildman–Crippen MR) is 64.1 cm³/mol. The Bertz CT molecular complexity index is 423. The molecule has 0 aliphatic carbocycles. The van der Waals surface area contributed by atoms with Crippen LogP contribution < -0.4 is 10.9 Å². The fourth-order valence-corrected chi connectivity index (χ4v) is 1.31.